The Kier molecular flexibility index (Phi) is 7.15. The van der Waals surface area contributed by atoms with Crippen LogP contribution >= 0.6 is 11.6 Å². The minimum atomic E-state index is -3.33. The molecule has 0 aromatic heterocycles. The standard InChI is InChI=1S/C21H22ClFN4O4S/c1-32(30,31)11-12-5-6-17(23)15(7-12)20-16(10-25-27-20)21(29)26-18(9-19(24)28)13-3-2-4-14(22)8-13/h2-8,10,16,18,20,27H,9,11H2,1H3,(H2,24,28)(H,26,29)/t16?,18-,20?/m0/s1. The first-order valence-electron chi connectivity index (χ1n) is 9.62. The van der Waals surface area contributed by atoms with E-state index in [1.165, 1.54) is 18.3 Å². The van der Waals surface area contributed by atoms with Crippen molar-refractivity contribution in [1.29, 1.82) is 0 Å². The first kappa shape index (κ1) is 23.7. The number of sulfone groups is 1. The van der Waals surface area contributed by atoms with Crippen molar-refractivity contribution in [1.82, 2.24) is 10.7 Å². The van der Waals surface area contributed by atoms with Crippen LogP contribution in [-0.4, -0.2) is 32.7 Å². The number of carbonyl (C=O) groups is 2. The van der Waals surface area contributed by atoms with Crippen LogP contribution in [0.3, 0.4) is 0 Å². The van der Waals surface area contributed by atoms with Gasteiger partial charge in [0.25, 0.3) is 0 Å². The fourth-order valence-electron chi connectivity index (χ4n) is 3.52. The van der Waals surface area contributed by atoms with E-state index in [0.717, 1.165) is 12.3 Å². The number of carbonyl (C=O) groups excluding carboxylic acids is 2. The van der Waals surface area contributed by atoms with Gasteiger partial charge < -0.3 is 16.5 Å². The maximum Gasteiger partial charge on any atom is 0.231 e. The maximum atomic E-state index is 14.6. The van der Waals surface area contributed by atoms with Crippen LogP contribution in [0.5, 0.6) is 0 Å². The number of nitrogens with two attached hydrogens (primary N) is 1. The van der Waals surface area contributed by atoms with Gasteiger partial charge >= 0.3 is 0 Å². The maximum absolute atomic E-state index is 14.6. The predicted octanol–water partition coefficient (Wildman–Crippen LogP) is 2.00. The number of hydrogen-bond donors (Lipinski definition) is 3. The molecular formula is C21H22ClFN4O4S. The molecule has 2 unspecified atom stereocenters. The summed E-state index contributed by atoms with van der Waals surface area (Å²) in [5.41, 5.74) is 9.14. The number of amides is 2. The molecule has 0 saturated carbocycles. The summed E-state index contributed by atoms with van der Waals surface area (Å²) in [6.45, 7) is 0. The van der Waals surface area contributed by atoms with Crippen LogP contribution in [0.25, 0.3) is 0 Å². The van der Waals surface area contributed by atoms with E-state index in [-0.39, 0.29) is 17.7 Å². The fraction of sp³-hybridized carbons (Fsp3) is 0.286. The quantitative estimate of drug-likeness (QED) is 0.532. The molecule has 2 aromatic carbocycles. The molecule has 3 atom stereocenters. The normalized spacial score (nSPS) is 18.7. The SMILES string of the molecule is CS(=O)(=O)Cc1ccc(F)c(C2NN=CC2C(=O)N[C@@H](CC(N)=O)c2cccc(Cl)c2)c1. The van der Waals surface area contributed by atoms with Crippen LogP contribution in [-0.2, 0) is 25.2 Å². The lowest BCUT2D eigenvalue weighted by molar-refractivity contribution is -0.124. The number of nitrogens with one attached hydrogen (secondary N) is 2. The van der Waals surface area contributed by atoms with Gasteiger partial charge in [0.15, 0.2) is 9.84 Å². The van der Waals surface area contributed by atoms with Gasteiger partial charge in [0, 0.05) is 23.1 Å². The van der Waals surface area contributed by atoms with Gasteiger partial charge in [-0.3, -0.25) is 9.59 Å². The van der Waals surface area contributed by atoms with E-state index in [9.17, 15) is 22.4 Å². The Hall–Kier alpha value is -2.98. The van der Waals surface area contributed by atoms with Crippen molar-refractivity contribution < 1.29 is 22.4 Å². The van der Waals surface area contributed by atoms with Gasteiger partial charge in [-0.05, 0) is 35.4 Å². The zero-order valence-electron chi connectivity index (χ0n) is 17.1. The summed E-state index contributed by atoms with van der Waals surface area (Å²) in [6.07, 6.45) is 2.26. The third kappa shape index (κ3) is 6.04. The molecule has 0 spiro atoms. The number of hydrazone groups is 1. The Morgan fingerprint density at radius 2 is 2.03 bits per heavy atom. The Labute approximate surface area is 189 Å². The molecule has 170 valence electrons. The summed E-state index contributed by atoms with van der Waals surface area (Å²) in [4.78, 5) is 24.6. The Morgan fingerprint density at radius 3 is 2.69 bits per heavy atom. The Balaban J connectivity index is 1.85. The molecule has 2 amide bonds. The van der Waals surface area contributed by atoms with E-state index in [1.54, 1.807) is 24.3 Å². The van der Waals surface area contributed by atoms with Gasteiger partial charge in [0.05, 0.1) is 24.3 Å². The van der Waals surface area contributed by atoms with E-state index in [0.29, 0.717) is 16.1 Å². The topological polar surface area (TPSA) is 131 Å². The van der Waals surface area contributed by atoms with Gasteiger partial charge in [0.2, 0.25) is 11.8 Å². The second kappa shape index (κ2) is 9.66. The molecule has 0 saturated heterocycles. The summed E-state index contributed by atoms with van der Waals surface area (Å²) in [7, 11) is -3.33. The van der Waals surface area contributed by atoms with E-state index in [1.807, 2.05) is 0 Å². The summed E-state index contributed by atoms with van der Waals surface area (Å²) >= 11 is 6.03. The number of primary amides is 1. The molecule has 1 aliphatic heterocycles. The zero-order chi connectivity index (χ0) is 23.5. The average molecular weight is 481 g/mol. The van der Waals surface area contributed by atoms with Gasteiger partial charge in [-0.15, -0.1) is 0 Å². The lowest BCUT2D eigenvalue weighted by Gasteiger charge is -2.23. The van der Waals surface area contributed by atoms with Gasteiger partial charge in [-0.2, -0.15) is 5.10 Å². The third-order valence-corrected chi connectivity index (χ3v) is 6.00. The van der Waals surface area contributed by atoms with Crippen molar-refractivity contribution >= 4 is 39.5 Å². The molecule has 1 heterocycles. The lowest BCUT2D eigenvalue weighted by Crippen LogP contribution is -2.39. The highest BCUT2D eigenvalue weighted by Crippen LogP contribution is 2.30. The van der Waals surface area contributed by atoms with Crippen molar-refractivity contribution in [2.24, 2.45) is 16.8 Å². The lowest BCUT2D eigenvalue weighted by atomic mass is 9.92. The molecule has 3 rings (SSSR count). The molecule has 2 aromatic rings. The molecule has 0 radical (unpaired) electrons. The van der Waals surface area contributed by atoms with E-state index < -0.39 is 45.5 Å². The first-order valence-corrected chi connectivity index (χ1v) is 12.1. The van der Waals surface area contributed by atoms with Crippen LogP contribution in [0, 0.1) is 11.7 Å². The van der Waals surface area contributed by atoms with Crippen LogP contribution < -0.4 is 16.5 Å². The fourth-order valence-corrected chi connectivity index (χ4v) is 4.50. The highest BCUT2D eigenvalue weighted by molar-refractivity contribution is 7.89. The summed E-state index contributed by atoms with van der Waals surface area (Å²) in [5.74, 6) is -2.91. The first-order chi connectivity index (χ1) is 15.0. The molecule has 0 fully saturated rings. The molecule has 0 aliphatic carbocycles. The molecule has 8 nitrogen and oxygen atoms in total. The molecule has 1 aliphatic rings. The van der Waals surface area contributed by atoms with Crippen LogP contribution in [0.15, 0.2) is 47.6 Å². The van der Waals surface area contributed by atoms with Crippen LogP contribution in [0.1, 0.15) is 35.2 Å². The second-order valence-corrected chi connectivity index (χ2v) is 10.2. The Bertz CT molecular complexity index is 1170. The molecule has 4 N–H and O–H groups in total. The summed E-state index contributed by atoms with van der Waals surface area (Å²) in [6, 6.07) is 9.00. The largest absolute Gasteiger partial charge is 0.370 e. The summed E-state index contributed by atoms with van der Waals surface area (Å²) < 4.78 is 37.8. The van der Waals surface area contributed by atoms with Crippen molar-refractivity contribution in [3.63, 3.8) is 0 Å². The number of rotatable bonds is 8. The second-order valence-electron chi connectivity index (χ2n) is 7.62. The number of nitrogens with zero attached hydrogens (tertiary/aromatic N) is 1. The van der Waals surface area contributed by atoms with E-state index in [4.69, 9.17) is 17.3 Å². The molecule has 11 heteroatoms. The highest BCUT2D eigenvalue weighted by Gasteiger charge is 2.35. The minimum absolute atomic E-state index is 0.109. The number of benzene rings is 2. The van der Waals surface area contributed by atoms with E-state index in [2.05, 4.69) is 15.8 Å². The van der Waals surface area contributed by atoms with Gasteiger partial charge in [-0.25, -0.2) is 12.8 Å². The van der Waals surface area contributed by atoms with Crippen LogP contribution in [0.4, 0.5) is 4.39 Å². The third-order valence-electron chi connectivity index (χ3n) is 4.91. The number of hydrogen-bond acceptors (Lipinski definition) is 6. The highest BCUT2D eigenvalue weighted by atomic mass is 35.5. The monoisotopic (exact) mass is 480 g/mol. The molecule has 32 heavy (non-hydrogen) atoms. The molecule has 0 bridgehead atoms. The smallest absolute Gasteiger partial charge is 0.231 e. The Morgan fingerprint density at radius 1 is 1.28 bits per heavy atom. The molecular weight excluding hydrogens is 459 g/mol. The van der Waals surface area contributed by atoms with Crippen LogP contribution in [0.2, 0.25) is 5.02 Å². The van der Waals surface area contributed by atoms with Gasteiger partial charge in [-0.1, -0.05) is 29.8 Å². The predicted molar refractivity (Wildman–Crippen MR) is 119 cm³/mol. The average Bonchev–Trinajstić information content (AvgIpc) is 3.17. The van der Waals surface area contributed by atoms with Crippen molar-refractivity contribution in [3.05, 3.63) is 70.0 Å². The van der Waals surface area contributed by atoms with Crippen molar-refractivity contribution in [3.8, 4) is 0 Å². The zero-order valence-corrected chi connectivity index (χ0v) is 18.7. The number of halogens is 2. The van der Waals surface area contributed by atoms with Gasteiger partial charge in [0.1, 0.15) is 11.7 Å². The minimum Gasteiger partial charge on any atom is -0.370 e. The van der Waals surface area contributed by atoms with E-state index >= 15 is 0 Å². The van der Waals surface area contributed by atoms with Crippen molar-refractivity contribution in [2.45, 2.75) is 24.3 Å². The van der Waals surface area contributed by atoms with Crippen molar-refractivity contribution in [2.75, 3.05) is 6.26 Å². The summed E-state index contributed by atoms with van der Waals surface area (Å²) in [5, 5.41) is 7.10.